The summed E-state index contributed by atoms with van der Waals surface area (Å²) < 4.78 is 5.26. The highest BCUT2D eigenvalue weighted by Crippen LogP contribution is 2.25. The molecule has 1 amide bonds. The molecule has 1 aromatic rings. The molecule has 0 aliphatic carbocycles. The molecule has 1 atom stereocenters. The summed E-state index contributed by atoms with van der Waals surface area (Å²) in [6.07, 6.45) is 0.753. The Morgan fingerprint density at radius 3 is 2.90 bits per heavy atom. The first-order valence-corrected chi connectivity index (χ1v) is 6.91. The molecule has 1 aliphatic heterocycles. The largest absolute Gasteiger partial charge is 0.385 e. The van der Waals surface area contributed by atoms with Gasteiger partial charge in [0.05, 0.1) is 17.6 Å². The van der Waals surface area contributed by atoms with Crippen LogP contribution in [-0.4, -0.2) is 48.6 Å². The fourth-order valence-corrected chi connectivity index (χ4v) is 2.36. The van der Waals surface area contributed by atoms with Gasteiger partial charge in [-0.15, -0.1) is 0 Å². The first-order valence-electron chi connectivity index (χ1n) is 6.91. The first-order chi connectivity index (χ1) is 10.0. The summed E-state index contributed by atoms with van der Waals surface area (Å²) in [6.45, 7) is 3.69. The van der Waals surface area contributed by atoms with E-state index < -0.39 is 4.92 Å². The second-order valence-electron chi connectivity index (χ2n) is 4.95. The minimum Gasteiger partial charge on any atom is -0.385 e. The summed E-state index contributed by atoms with van der Waals surface area (Å²) in [5.41, 5.74) is 0.628. The zero-order chi connectivity index (χ0) is 15.4. The number of carbonyl (C=O) groups is 1. The number of hydrogen-bond donors (Lipinski definition) is 1. The van der Waals surface area contributed by atoms with E-state index in [4.69, 9.17) is 4.74 Å². The van der Waals surface area contributed by atoms with Crippen LogP contribution in [0.4, 0.5) is 11.4 Å². The average molecular weight is 293 g/mol. The Bertz CT molecular complexity index is 541. The smallest absolute Gasteiger partial charge is 0.282 e. The monoisotopic (exact) mass is 293 g/mol. The van der Waals surface area contributed by atoms with Crippen LogP contribution in [0, 0.1) is 10.1 Å². The predicted octanol–water partition coefficient (Wildman–Crippen LogP) is 1.89. The lowest BCUT2D eigenvalue weighted by molar-refractivity contribution is -0.385. The molecule has 0 radical (unpaired) electrons. The maximum absolute atomic E-state index is 12.6. The van der Waals surface area contributed by atoms with Crippen LogP contribution in [0.25, 0.3) is 0 Å². The normalized spacial score (nSPS) is 17.5. The minimum absolute atomic E-state index is 0.0279. The van der Waals surface area contributed by atoms with Gasteiger partial charge in [0.25, 0.3) is 11.6 Å². The Kier molecular flexibility index (Phi) is 4.74. The number of likely N-dealkylation sites (N-methyl/N-ethyl adjacent to an activating group) is 1. The van der Waals surface area contributed by atoms with Gasteiger partial charge in [0.2, 0.25) is 0 Å². The second-order valence-corrected chi connectivity index (χ2v) is 4.95. The molecule has 0 spiro atoms. The molecule has 0 bridgehead atoms. The molecule has 2 rings (SSSR count). The number of anilines is 1. The molecular formula is C14H19N3O4. The number of nitrogens with zero attached hydrogens (tertiary/aromatic N) is 2. The van der Waals surface area contributed by atoms with Gasteiger partial charge in [-0.2, -0.15) is 0 Å². The van der Waals surface area contributed by atoms with Gasteiger partial charge in [0, 0.05) is 32.0 Å². The highest BCUT2D eigenvalue weighted by atomic mass is 16.6. The van der Waals surface area contributed by atoms with E-state index >= 15 is 0 Å². The SMILES string of the molecule is CCNc1ccc([N+](=O)[O-])c(C(=O)N(C)C2CCOC2)c1. The molecule has 1 aliphatic rings. The van der Waals surface area contributed by atoms with Gasteiger partial charge < -0.3 is 15.0 Å². The van der Waals surface area contributed by atoms with Crippen molar-refractivity contribution in [1.82, 2.24) is 4.90 Å². The van der Waals surface area contributed by atoms with E-state index in [0.717, 1.165) is 6.42 Å². The molecule has 7 nitrogen and oxygen atoms in total. The van der Waals surface area contributed by atoms with Gasteiger partial charge in [-0.3, -0.25) is 14.9 Å². The number of rotatable bonds is 5. The van der Waals surface area contributed by atoms with E-state index in [9.17, 15) is 14.9 Å². The maximum Gasteiger partial charge on any atom is 0.282 e. The summed E-state index contributed by atoms with van der Waals surface area (Å²) in [5, 5.41) is 14.2. The lowest BCUT2D eigenvalue weighted by Crippen LogP contribution is -2.37. The van der Waals surface area contributed by atoms with E-state index in [1.807, 2.05) is 6.92 Å². The van der Waals surface area contributed by atoms with Crippen molar-refractivity contribution in [3.63, 3.8) is 0 Å². The zero-order valence-corrected chi connectivity index (χ0v) is 12.2. The highest BCUT2D eigenvalue weighted by Gasteiger charge is 2.29. The van der Waals surface area contributed by atoms with Crippen molar-refractivity contribution in [2.75, 3.05) is 32.1 Å². The molecule has 21 heavy (non-hydrogen) atoms. The van der Waals surface area contributed by atoms with E-state index in [1.54, 1.807) is 13.1 Å². The number of carbonyl (C=O) groups excluding carboxylic acids is 1. The Morgan fingerprint density at radius 2 is 2.33 bits per heavy atom. The van der Waals surface area contributed by atoms with Gasteiger partial charge >= 0.3 is 0 Å². The van der Waals surface area contributed by atoms with Crippen molar-refractivity contribution in [2.45, 2.75) is 19.4 Å². The molecule has 1 aromatic carbocycles. The summed E-state index contributed by atoms with van der Waals surface area (Å²) in [4.78, 5) is 24.7. The maximum atomic E-state index is 12.6. The average Bonchev–Trinajstić information content (AvgIpc) is 3.00. The summed E-state index contributed by atoms with van der Waals surface area (Å²) in [6, 6.07) is 4.48. The quantitative estimate of drug-likeness (QED) is 0.662. The van der Waals surface area contributed by atoms with Crippen molar-refractivity contribution in [3.8, 4) is 0 Å². The van der Waals surface area contributed by atoms with Crippen LogP contribution >= 0.6 is 0 Å². The first kappa shape index (κ1) is 15.2. The Morgan fingerprint density at radius 1 is 1.57 bits per heavy atom. The van der Waals surface area contributed by atoms with Crippen molar-refractivity contribution in [1.29, 1.82) is 0 Å². The van der Waals surface area contributed by atoms with Crippen molar-refractivity contribution >= 4 is 17.3 Å². The van der Waals surface area contributed by atoms with Crippen molar-refractivity contribution in [3.05, 3.63) is 33.9 Å². The number of ether oxygens (including phenoxy) is 1. The lowest BCUT2D eigenvalue weighted by atomic mass is 10.1. The topological polar surface area (TPSA) is 84.7 Å². The summed E-state index contributed by atoms with van der Waals surface area (Å²) in [7, 11) is 1.66. The van der Waals surface area contributed by atoms with Crippen LogP contribution in [0.15, 0.2) is 18.2 Å². The van der Waals surface area contributed by atoms with Crippen LogP contribution < -0.4 is 5.32 Å². The molecule has 0 saturated carbocycles. The third kappa shape index (κ3) is 3.30. The molecule has 1 fully saturated rings. The number of amides is 1. The van der Waals surface area contributed by atoms with Crippen LogP contribution in [-0.2, 0) is 4.74 Å². The zero-order valence-electron chi connectivity index (χ0n) is 12.2. The molecule has 114 valence electrons. The van der Waals surface area contributed by atoms with Crippen molar-refractivity contribution in [2.24, 2.45) is 0 Å². The molecular weight excluding hydrogens is 274 g/mol. The third-order valence-electron chi connectivity index (χ3n) is 3.58. The Labute approximate surface area is 123 Å². The van der Waals surface area contributed by atoms with E-state index in [1.165, 1.54) is 17.0 Å². The highest BCUT2D eigenvalue weighted by molar-refractivity contribution is 5.99. The van der Waals surface area contributed by atoms with Gasteiger partial charge in [-0.25, -0.2) is 0 Å². The van der Waals surface area contributed by atoms with Crippen LogP contribution in [0.1, 0.15) is 23.7 Å². The standard InChI is InChI=1S/C14H19N3O4/c1-3-15-10-4-5-13(17(19)20)12(8-10)14(18)16(2)11-6-7-21-9-11/h4-5,8,11,15H,3,6-7,9H2,1-2H3. The van der Waals surface area contributed by atoms with Crippen molar-refractivity contribution < 1.29 is 14.5 Å². The third-order valence-corrected chi connectivity index (χ3v) is 3.58. The van der Waals surface area contributed by atoms with Gasteiger partial charge in [-0.1, -0.05) is 0 Å². The number of nitrogens with one attached hydrogen (secondary N) is 1. The lowest BCUT2D eigenvalue weighted by Gasteiger charge is -2.23. The van der Waals surface area contributed by atoms with Crippen LogP contribution in [0.5, 0.6) is 0 Å². The van der Waals surface area contributed by atoms with Gasteiger partial charge in [0.1, 0.15) is 5.56 Å². The molecule has 1 N–H and O–H groups in total. The number of nitro benzene ring substituents is 1. The molecule has 1 saturated heterocycles. The number of hydrogen-bond acceptors (Lipinski definition) is 5. The predicted molar refractivity (Wildman–Crippen MR) is 78.6 cm³/mol. The molecule has 1 heterocycles. The molecule has 7 heteroatoms. The fourth-order valence-electron chi connectivity index (χ4n) is 2.36. The molecule has 1 unspecified atom stereocenters. The number of nitro groups is 1. The number of benzene rings is 1. The fraction of sp³-hybridized carbons (Fsp3) is 0.500. The van der Waals surface area contributed by atoms with E-state index in [2.05, 4.69) is 5.32 Å². The summed E-state index contributed by atoms with van der Waals surface area (Å²) in [5.74, 6) is -0.350. The molecule has 0 aromatic heterocycles. The Hall–Kier alpha value is -2.15. The van der Waals surface area contributed by atoms with E-state index in [-0.39, 0.29) is 23.2 Å². The summed E-state index contributed by atoms with van der Waals surface area (Å²) >= 11 is 0. The van der Waals surface area contributed by atoms with Gasteiger partial charge in [-0.05, 0) is 25.5 Å². The Balaban J connectivity index is 2.32. The second kappa shape index (κ2) is 6.53. The van der Waals surface area contributed by atoms with Crippen LogP contribution in [0.3, 0.4) is 0 Å². The van der Waals surface area contributed by atoms with Crippen LogP contribution in [0.2, 0.25) is 0 Å². The van der Waals surface area contributed by atoms with Gasteiger partial charge in [0.15, 0.2) is 0 Å². The van der Waals surface area contributed by atoms with E-state index in [0.29, 0.717) is 25.4 Å². The minimum atomic E-state index is -0.526.